The number of carbonyl (C=O) groups excluding carboxylic acids is 3. The Morgan fingerprint density at radius 1 is 1.24 bits per heavy atom. The van der Waals surface area contributed by atoms with Gasteiger partial charge in [0, 0.05) is 16.9 Å². The van der Waals surface area contributed by atoms with Crippen molar-refractivity contribution >= 4 is 17.7 Å². The molecule has 3 rings (SSSR count). The molecule has 0 radical (unpaired) electrons. The second-order valence-electron chi connectivity index (χ2n) is 6.73. The average molecular weight is 287 g/mol. The molecule has 0 spiro atoms. The van der Waals surface area contributed by atoms with Crippen LogP contribution in [0.1, 0.15) is 32.3 Å². The highest BCUT2D eigenvalue weighted by Crippen LogP contribution is 2.70. The van der Waals surface area contributed by atoms with Gasteiger partial charge in [-0.15, -0.1) is 0 Å². The highest BCUT2D eigenvalue weighted by Gasteiger charge is 2.80. The van der Waals surface area contributed by atoms with E-state index in [0.29, 0.717) is 11.3 Å². The molecule has 5 heteroatoms. The minimum absolute atomic E-state index is 0.139. The molecule has 1 aromatic rings. The SMILES string of the molecule is CC(C)(C)C(=O)C1C2c3ccccc3OC(=O)C12C(N)=O. The molecule has 2 aliphatic rings. The summed E-state index contributed by atoms with van der Waals surface area (Å²) in [6.07, 6.45) is 0. The van der Waals surface area contributed by atoms with E-state index in [9.17, 15) is 14.4 Å². The van der Waals surface area contributed by atoms with Gasteiger partial charge < -0.3 is 10.5 Å². The second-order valence-corrected chi connectivity index (χ2v) is 6.73. The monoisotopic (exact) mass is 287 g/mol. The van der Waals surface area contributed by atoms with Crippen LogP contribution in [-0.4, -0.2) is 17.7 Å². The van der Waals surface area contributed by atoms with Crippen LogP contribution in [0.15, 0.2) is 24.3 Å². The van der Waals surface area contributed by atoms with Crippen LogP contribution in [0.5, 0.6) is 5.75 Å². The van der Waals surface area contributed by atoms with Gasteiger partial charge in [0.25, 0.3) is 0 Å². The normalized spacial score (nSPS) is 30.0. The number of ketones is 1. The number of carbonyl (C=O) groups is 3. The van der Waals surface area contributed by atoms with Crippen molar-refractivity contribution in [3.63, 3.8) is 0 Å². The number of nitrogens with two attached hydrogens (primary N) is 1. The molecule has 0 bridgehead atoms. The van der Waals surface area contributed by atoms with Gasteiger partial charge in [-0.3, -0.25) is 14.4 Å². The molecule has 1 aliphatic carbocycles. The molecule has 2 N–H and O–H groups in total. The lowest BCUT2D eigenvalue weighted by molar-refractivity contribution is -0.149. The number of hydrogen-bond donors (Lipinski definition) is 1. The Morgan fingerprint density at radius 2 is 1.86 bits per heavy atom. The number of Topliss-reactive ketones (excluding diaryl/α,β-unsaturated/α-hetero) is 1. The molecule has 1 fully saturated rings. The summed E-state index contributed by atoms with van der Waals surface area (Å²) in [6, 6.07) is 6.97. The van der Waals surface area contributed by atoms with E-state index in [1.165, 1.54) is 0 Å². The Morgan fingerprint density at radius 3 is 2.43 bits per heavy atom. The van der Waals surface area contributed by atoms with Crippen LogP contribution < -0.4 is 10.5 Å². The molecular weight excluding hydrogens is 270 g/mol. The van der Waals surface area contributed by atoms with E-state index >= 15 is 0 Å². The summed E-state index contributed by atoms with van der Waals surface area (Å²) in [5.74, 6) is -2.45. The predicted octanol–water partition coefficient (Wildman–Crippen LogP) is 1.41. The van der Waals surface area contributed by atoms with E-state index in [4.69, 9.17) is 10.5 Å². The average Bonchev–Trinajstić information content (AvgIpc) is 3.09. The Labute approximate surface area is 122 Å². The number of amides is 1. The van der Waals surface area contributed by atoms with E-state index in [-0.39, 0.29) is 5.78 Å². The number of esters is 1. The van der Waals surface area contributed by atoms with Crippen molar-refractivity contribution in [3.8, 4) is 5.75 Å². The second kappa shape index (κ2) is 3.93. The van der Waals surface area contributed by atoms with Gasteiger partial charge in [0.05, 0.1) is 5.92 Å². The summed E-state index contributed by atoms with van der Waals surface area (Å²) in [7, 11) is 0. The van der Waals surface area contributed by atoms with Gasteiger partial charge in [-0.25, -0.2) is 0 Å². The van der Waals surface area contributed by atoms with Gasteiger partial charge in [-0.05, 0) is 6.07 Å². The van der Waals surface area contributed by atoms with E-state index in [0.717, 1.165) is 0 Å². The van der Waals surface area contributed by atoms with Gasteiger partial charge in [0.1, 0.15) is 11.5 Å². The third-order valence-corrected chi connectivity index (χ3v) is 4.43. The fourth-order valence-corrected chi connectivity index (χ4v) is 3.31. The van der Waals surface area contributed by atoms with Crippen molar-refractivity contribution in [3.05, 3.63) is 29.8 Å². The van der Waals surface area contributed by atoms with Crippen LogP contribution in [0, 0.1) is 16.7 Å². The predicted molar refractivity (Wildman–Crippen MR) is 74.4 cm³/mol. The summed E-state index contributed by atoms with van der Waals surface area (Å²) in [4.78, 5) is 36.9. The van der Waals surface area contributed by atoms with Crippen molar-refractivity contribution in [2.75, 3.05) is 0 Å². The molecule has 1 amide bonds. The van der Waals surface area contributed by atoms with Crippen LogP contribution in [0.25, 0.3) is 0 Å². The first-order valence-corrected chi connectivity index (χ1v) is 6.87. The van der Waals surface area contributed by atoms with E-state index in [2.05, 4.69) is 0 Å². The molecule has 0 aromatic heterocycles. The van der Waals surface area contributed by atoms with Crippen LogP contribution >= 0.6 is 0 Å². The third kappa shape index (κ3) is 1.60. The maximum atomic E-state index is 12.6. The fourth-order valence-electron chi connectivity index (χ4n) is 3.31. The minimum atomic E-state index is -1.53. The van der Waals surface area contributed by atoms with E-state index in [1.807, 2.05) is 0 Å². The number of benzene rings is 1. The molecular formula is C16H17NO4. The van der Waals surface area contributed by atoms with Crippen molar-refractivity contribution in [2.45, 2.75) is 26.7 Å². The van der Waals surface area contributed by atoms with Gasteiger partial charge in [0.15, 0.2) is 5.41 Å². The van der Waals surface area contributed by atoms with Crippen LogP contribution in [-0.2, 0) is 14.4 Å². The lowest BCUT2D eigenvalue weighted by Gasteiger charge is -2.20. The van der Waals surface area contributed by atoms with Gasteiger partial charge >= 0.3 is 5.97 Å². The number of ether oxygens (including phenoxy) is 1. The number of rotatable bonds is 2. The van der Waals surface area contributed by atoms with Gasteiger partial charge in [0.2, 0.25) is 5.91 Å². The van der Waals surface area contributed by atoms with Crippen molar-refractivity contribution in [1.82, 2.24) is 0 Å². The number of para-hydroxylation sites is 1. The van der Waals surface area contributed by atoms with Crippen molar-refractivity contribution < 1.29 is 19.1 Å². The lowest BCUT2D eigenvalue weighted by Crippen LogP contribution is -2.41. The number of fused-ring (bicyclic) bond motifs is 3. The Kier molecular flexibility index (Phi) is 2.58. The first-order valence-electron chi connectivity index (χ1n) is 6.87. The molecule has 1 aromatic carbocycles. The Hall–Kier alpha value is -2.17. The fraction of sp³-hybridized carbons (Fsp3) is 0.438. The minimum Gasteiger partial charge on any atom is -0.425 e. The summed E-state index contributed by atoms with van der Waals surface area (Å²) in [6.45, 7) is 5.31. The smallest absolute Gasteiger partial charge is 0.328 e. The van der Waals surface area contributed by atoms with E-state index in [1.54, 1.807) is 45.0 Å². The lowest BCUT2D eigenvalue weighted by atomic mass is 9.85. The van der Waals surface area contributed by atoms with E-state index < -0.39 is 34.5 Å². The molecule has 1 aliphatic heterocycles. The first-order chi connectivity index (χ1) is 9.72. The maximum Gasteiger partial charge on any atom is 0.328 e. The van der Waals surface area contributed by atoms with Crippen LogP contribution in [0.4, 0.5) is 0 Å². The summed E-state index contributed by atoms with van der Waals surface area (Å²) in [5, 5.41) is 0. The molecule has 5 nitrogen and oxygen atoms in total. The molecule has 21 heavy (non-hydrogen) atoms. The van der Waals surface area contributed by atoms with Crippen LogP contribution in [0.2, 0.25) is 0 Å². The van der Waals surface area contributed by atoms with Crippen molar-refractivity contribution in [2.24, 2.45) is 22.5 Å². The number of hydrogen-bond acceptors (Lipinski definition) is 4. The zero-order valence-electron chi connectivity index (χ0n) is 12.2. The topological polar surface area (TPSA) is 86.5 Å². The summed E-state index contributed by atoms with van der Waals surface area (Å²) < 4.78 is 5.25. The quantitative estimate of drug-likeness (QED) is 0.506. The zero-order valence-corrected chi connectivity index (χ0v) is 12.2. The standard InChI is InChI=1S/C16H17NO4/c1-15(2,3)12(18)11-10-8-6-4-5-7-9(8)21-14(20)16(10,11)13(17)19/h4-7,10-11H,1-3H3,(H2,17,19). The third-order valence-electron chi connectivity index (χ3n) is 4.43. The maximum absolute atomic E-state index is 12.6. The first kappa shape index (κ1) is 13.8. The van der Waals surface area contributed by atoms with Gasteiger partial charge in [-0.1, -0.05) is 39.0 Å². The Bertz CT molecular complexity index is 673. The molecule has 3 unspecified atom stereocenters. The molecule has 0 saturated heterocycles. The molecule has 1 heterocycles. The molecule has 3 atom stereocenters. The number of primary amides is 1. The molecule has 1 saturated carbocycles. The summed E-state index contributed by atoms with van der Waals surface area (Å²) >= 11 is 0. The van der Waals surface area contributed by atoms with Crippen LogP contribution in [0.3, 0.4) is 0 Å². The van der Waals surface area contributed by atoms with Gasteiger partial charge in [-0.2, -0.15) is 0 Å². The highest BCUT2D eigenvalue weighted by molar-refractivity contribution is 6.16. The highest BCUT2D eigenvalue weighted by atomic mass is 16.5. The largest absolute Gasteiger partial charge is 0.425 e. The zero-order chi connectivity index (χ0) is 15.6. The molecule has 110 valence electrons. The summed E-state index contributed by atoms with van der Waals surface area (Å²) in [5.41, 5.74) is 3.99. The van der Waals surface area contributed by atoms with Crippen molar-refractivity contribution in [1.29, 1.82) is 0 Å². The Balaban J connectivity index is 2.15.